The van der Waals surface area contributed by atoms with E-state index in [0.717, 1.165) is 0 Å². The summed E-state index contributed by atoms with van der Waals surface area (Å²) in [5.41, 5.74) is 0.0575. The van der Waals surface area contributed by atoms with Gasteiger partial charge in [-0.05, 0) is 6.42 Å². The Kier molecular flexibility index (Phi) is 5.97. The molecule has 0 aromatic heterocycles. The Bertz CT molecular complexity index is 216. The molecule has 2 amide bonds. The summed E-state index contributed by atoms with van der Waals surface area (Å²) in [6.07, 6.45) is 0.695. The molecule has 0 spiro atoms. The third-order valence-corrected chi connectivity index (χ3v) is 1.46. The van der Waals surface area contributed by atoms with E-state index < -0.39 is 0 Å². The Morgan fingerprint density at radius 2 is 2.08 bits per heavy atom. The van der Waals surface area contributed by atoms with Gasteiger partial charge in [-0.2, -0.15) is 0 Å². The number of amides is 2. The largest absolute Gasteiger partial charge is 0.351 e. The third-order valence-electron chi connectivity index (χ3n) is 1.20. The van der Waals surface area contributed by atoms with Crippen LogP contribution >= 0.6 is 11.6 Å². The van der Waals surface area contributed by atoms with Crippen LogP contribution in [-0.4, -0.2) is 24.2 Å². The van der Waals surface area contributed by atoms with Crippen LogP contribution in [0.4, 0.5) is 0 Å². The average molecular weight is 205 g/mol. The van der Waals surface area contributed by atoms with Crippen molar-refractivity contribution in [2.45, 2.75) is 13.3 Å². The predicted molar refractivity (Wildman–Crippen MR) is 51.3 cm³/mol. The number of alkyl halides is 1. The summed E-state index contributed by atoms with van der Waals surface area (Å²) in [6.45, 7) is 5.20. The molecular weight excluding hydrogens is 192 g/mol. The Morgan fingerprint density at radius 1 is 1.46 bits per heavy atom. The SMILES string of the molecule is C=C(NC(C)=O)C(=O)NCCCCl. The van der Waals surface area contributed by atoms with Crippen molar-refractivity contribution in [1.29, 1.82) is 0 Å². The molecule has 0 saturated heterocycles. The van der Waals surface area contributed by atoms with Gasteiger partial charge in [-0.1, -0.05) is 6.58 Å². The molecule has 0 atom stereocenters. The monoisotopic (exact) mass is 204 g/mol. The fraction of sp³-hybridized carbons (Fsp3) is 0.500. The maximum atomic E-state index is 11.1. The first-order chi connectivity index (χ1) is 6.07. The van der Waals surface area contributed by atoms with E-state index in [9.17, 15) is 9.59 Å². The minimum Gasteiger partial charge on any atom is -0.351 e. The lowest BCUT2D eigenvalue weighted by molar-refractivity contribution is -0.122. The highest BCUT2D eigenvalue weighted by molar-refractivity contribution is 6.17. The van der Waals surface area contributed by atoms with Crippen molar-refractivity contribution in [2.24, 2.45) is 0 Å². The fourth-order valence-corrected chi connectivity index (χ4v) is 0.778. The molecule has 0 aliphatic rings. The van der Waals surface area contributed by atoms with Gasteiger partial charge in [-0.25, -0.2) is 0 Å². The Morgan fingerprint density at radius 3 is 2.54 bits per heavy atom. The van der Waals surface area contributed by atoms with Crippen molar-refractivity contribution in [2.75, 3.05) is 12.4 Å². The molecule has 2 N–H and O–H groups in total. The molecule has 5 heteroatoms. The van der Waals surface area contributed by atoms with Gasteiger partial charge in [0.2, 0.25) is 5.91 Å². The third kappa shape index (κ3) is 6.16. The average Bonchev–Trinajstić information content (AvgIpc) is 2.03. The summed E-state index contributed by atoms with van der Waals surface area (Å²) in [7, 11) is 0. The van der Waals surface area contributed by atoms with Gasteiger partial charge in [-0.3, -0.25) is 9.59 Å². The van der Waals surface area contributed by atoms with E-state index in [1.807, 2.05) is 0 Å². The molecule has 0 radical (unpaired) electrons. The second-order valence-corrected chi connectivity index (χ2v) is 2.84. The first-order valence-electron chi connectivity index (χ1n) is 3.88. The Labute approximate surface area is 82.3 Å². The van der Waals surface area contributed by atoms with Crippen LogP contribution in [0, 0.1) is 0 Å². The Hall–Kier alpha value is -1.03. The highest BCUT2D eigenvalue weighted by Gasteiger charge is 2.06. The van der Waals surface area contributed by atoms with Crippen molar-refractivity contribution in [3.8, 4) is 0 Å². The van der Waals surface area contributed by atoms with Gasteiger partial charge in [0.1, 0.15) is 0 Å². The molecule has 0 bridgehead atoms. The number of nitrogens with one attached hydrogen (secondary N) is 2. The minimum atomic E-state index is -0.375. The topological polar surface area (TPSA) is 58.2 Å². The van der Waals surface area contributed by atoms with Gasteiger partial charge in [0.25, 0.3) is 5.91 Å². The van der Waals surface area contributed by atoms with Crippen molar-refractivity contribution >= 4 is 23.4 Å². The maximum Gasteiger partial charge on any atom is 0.267 e. The van der Waals surface area contributed by atoms with E-state index >= 15 is 0 Å². The van der Waals surface area contributed by atoms with Crippen molar-refractivity contribution in [1.82, 2.24) is 10.6 Å². The summed E-state index contributed by atoms with van der Waals surface area (Å²) < 4.78 is 0. The fourth-order valence-electron chi connectivity index (χ4n) is 0.645. The molecule has 0 aliphatic carbocycles. The van der Waals surface area contributed by atoms with Crippen molar-refractivity contribution < 1.29 is 9.59 Å². The summed E-state index contributed by atoms with van der Waals surface area (Å²) in [6, 6.07) is 0. The molecule has 0 fully saturated rings. The molecule has 0 aromatic rings. The quantitative estimate of drug-likeness (QED) is 0.387. The number of rotatable bonds is 5. The molecule has 4 nitrogen and oxygen atoms in total. The number of carbonyl (C=O) groups is 2. The zero-order chi connectivity index (χ0) is 10.3. The van der Waals surface area contributed by atoms with E-state index in [-0.39, 0.29) is 17.5 Å². The zero-order valence-corrected chi connectivity index (χ0v) is 8.28. The van der Waals surface area contributed by atoms with Crippen LogP contribution in [0.1, 0.15) is 13.3 Å². The number of halogens is 1. The van der Waals surface area contributed by atoms with Crippen LogP contribution in [-0.2, 0) is 9.59 Å². The molecule has 74 valence electrons. The van der Waals surface area contributed by atoms with Crippen molar-refractivity contribution in [3.05, 3.63) is 12.3 Å². The van der Waals surface area contributed by atoms with Gasteiger partial charge >= 0.3 is 0 Å². The first kappa shape index (κ1) is 12.0. The molecule has 0 aliphatic heterocycles. The lowest BCUT2D eigenvalue weighted by atomic mass is 10.4. The smallest absolute Gasteiger partial charge is 0.267 e. The van der Waals surface area contributed by atoms with E-state index in [1.54, 1.807) is 0 Å². The summed E-state index contributed by atoms with van der Waals surface area (Å²) in [4.78, 5) is 21.6. The van der Waals surface area contributed by atoms with Gasteiger partial charge in [0.15, 0.2) is 0 Å². The Balaban J connectivity index is 3.70. The maximum absolute atomic E-state index is 11.1. The molecule has 0 unspecified atom stereocenters. The minimum absolute atomic E-state index is 0.0575. The van der Waals surface area contributed by atoms with Crippen LogP contribution in [0.2, 0.25) is 0 Å². The number of hydrogen-bond acceptors (Lipinski definition) is 2. The van der Waals surface area contributed by atoms with Crippen LogP contribution in [0.5, 0.6) is 0 Å². The van der Waals surface area contributed by atoms with Gasteiger partial charge in [-0.15, -0.1) is 11.6 Å². The molecule has 0 rings (SSSR count). The van der Waals surface area contributed by atoms with Crippen LogP contribution < -0.4 is 10.6 Å². The predicted octanol–water partition coefficient (Wildman–Crippen LogP) is 0.381. The van der Waals surface area contributed by atoms with E-state index in [1.165, 1.54) is 6.92 Å². The molecule has 0 heterocycles. The van der Waals surface area contributed by atoms with Crippen LogP contribution in [0.15, 0.2) is 12.3 Å². The molecule has 13 heavy (non-hydrogen) atoms. The molecule has 0 aromatic carbocycles. The zero-order valence-electron chi connectivity index (χ0n) is 7.52. The number of carbonyl (C=O) groups excluding carboxylic acids is 2. The van der Waals surface area contributed by atoms with Gasteiger partial charge in [0.05, 0.1) is 5.70 Å². The molecule has 0 saturated carbocycles. The van der Waals surface area contributed by atoms with Crippen LogP contribution in [0.3, 0.4) is 0 Å². The molecular formula is C8H13ClN2O2. The summed E-state index contributed by atoms with van der Waals surface area (Å²) >= 11 is 5.41. The van der Waals surface area contributed by atoms with Gasteiger partial charge in [0, 0.05) is 19.3 Å². The second kappa shape index (κ2) is 6.48. The van der Waals surface area contributed by atoms with E-state index in [4.69, 9.17) is 11.6 Å². The number of hydrogen-bond donors (Lipinski definition) is 2. The standard InChI is InChI=1S/C8H13ClN2O2/c1-6(11-7(2)12)8(13)10-5-3-4-9/h1,3-5H2,2H3,(H,10,13)(H,11,12). The highest BCUT2D eigenvalue weighted by atomic mass is 35.5. The summed E-state index contributed by atoms with van der Waals surface area (Å²) in [5.74, 6) is -0.190. The normalized spacial score (nSPS) is 9.08. The summed E-state index contributed by atoms with van der Waals surface area (Å²) in [5, 5.41) is 4.84. The highest BCUT2D eigenvalue weighted by Crippen LogP contribution is 1.86. The lowest BCUT2D eigenvalue weighted by Crippen LogP contribution is -2.33. The van der Waals surface area contributed by atoms with Crippen molar-refractivity contribution in [3.63, 3.8) is 0 Å². The van der Waals surface area contributed by atoms with E-state index in [0.29, 0.717) is 18.8 Å². The van der Waals surface area contributed by atoms with Gasteiger partial charge < -0.3 is 10.6 Å². The second-order valence-electron chi connectivity index (χ2n) is 2.46. The lowest BCUT2D eigenvalue weighted by Gasteiger charge is -2.06. The van der Waals surface area contributed by atoms with E-state index in [2.05, 4.69) is 17.2 Å². The first-order valence-corrected chi connectivity index (χ1v) is 4.42. The van der Waals surface area contributed by atoms with Crippen LogP contribution in [0.25, 0.3) is 0 Å².